The zero-order valence-corrected chi connectivity index (χ0v) is 29.7. The molecular formula is C31H54BN7O12. The Morgan fingerprint density at radius 1 is 0.686 bits per heavy atom. The van der Waals surface area contributed by atoms with Gasteiger partial charge in [-0.25, -0.2) is 0 Å². The summed E-state index contributed by atoms with van der Waals surface area (Å²) in [6.45, 7) is 5.75. The van der Waals surface area contributed by atoms with E-state index in [9.17, 15) is 58.9 Å². The van der Waals surface area contributed by atoms with Gasteiger partial charge in [-0.05, 0) is 25.7 Å². The largest absolute Gasteiger partial charge is 0.480 e. The maximum atomic E-state index is 13.1. The van der Waals surface area contributed by atoms with E-state index < -0.39 is 66.4 Å². The van der Waals surface area contributed by atoms with Crippen LogP contribution < -0.4 is 10.6 Å². The van der Waals surface area contributed by atoms with Gasteiger partial charge in [0.15, 0.2) is 5.78 Å². The summed E-state index contributed by atoms with van der Waals surface area (Å²) in [5, 5.41) is 52.5. The van der Waals surface area contributed by atoms with Crippen molar-refractivity contribution in [2.45, 2.75) is 52.0 Å². The lowest BCUT2D eigenvalue weighted by Gasteiger charge is -2.32. The van der Waals surface area contributed by atoms with Crippen LogP contribution in [0.15, 0.2) is 0 Å². The monoisotopic (exact) mass is 727 g/mol. The first kappa shape index (κ1) is 43.5. The summed E-state index contributed by atoms with van der Waals surface area (Å²) in [6.07, 6.45) is 0.823. The molecule has 0 aromatic carbocycles. The van der Waals surface area contributed by atoms with Crippen LogP contribution in [0.3, 0.4) is 0 Å². The predicted octanol–water partition coefficient (Wildman–Crippen LogP) is -3.68. The highest BCUT2D eigenvalue weighted by atomic mass is 16.4. The number of aliphatic carboxylic acids is 3. The Kier molecular flexibility index (Phi) is 18.4. The molecule has 2 saturated heterocycles. The van der Waals surface area contributed by atoms with Gasteiger partial charge >= 0.3 is 25.0 Å². The van der Waals surface area contributed by atoms with Crippen molar-refractivity contribution in [3.8, 4) is 0 Å². The molecule has 19 nitrogen and oxygen atoms in total. The summed E-state index contributed by atoms with van der Waals surface area (Å²) in [6, 6.07) is -0.963. The number of carbonyl (C=O) groups excluding carboxylic acids is 4. The average molecular weight is 728 g/mol. The third kappa shape index (κ3) is 16.0. The Labute approximate surface area is 298 Å². The molecule has 0 aromatic heterocycles. The molecule has 0 unspecified atom stereocenters. The summed E-state index contributed by atoms with van der Waals surface area (Å²) in [5.74, 6) is -6.95. The average Bonchev–Trinajstić information content (AvgIpc) is 3.53. The Balaban J connectivity index is 2.00. The fourth-order valence-corrected chi connectivity index (χ4v) is 6.20. The SMILES string of the molecule is CC(C)[C@H](CC(=O)CNC(=O)CN1CCN(CC(=O)O)CCN(CC(=O)O)CCN(CC(=O)O)CC1)C(=O)N[C@H](C)C(=O)N1CCC[C@H]1B(O)O. The molecule has 3 atom stereocenters. The quantitative estimate of drug-likeness (QED) is 0.0712. The predicted molar refractivity (Wildman–Crippen MR) is 182 cm³/mol. The van der Waals surface area contributed by atoms with Crippen molar-refractivity contribution in [1.82, 2.24) is 35.1 Å². The molecule has 2 fully saturated rings. The number of ketones is 1. The molecule has 7 N–H and O–H groups in total. The second kappa shape index (κ2) is 21.6. The Bertz CT molecular complexity index is 1190. The molecule has 0 aliphatic carbocycles. The number of hydrogen-bond acceptors (Lipinski definition) is 13. The van der Waals surface area contributed by atoms with Crippen molar-refractivity contribution < 1.29 is 58.9 Å². The fourth-order valence-electron chi connectivity index (χ4n) is 6.20. The van der Waals surface area contributed by atoms with Crippen LogP contribution >= 0.6 is 0 Å². The van der Waals surface area contributed by atoms with Crippen molar-refractivity contribution in [1.29, 1.82) is 0 Å². The van der Waals surface area contributed by atoms with Gasteiger partial charge in [0.05, 0.1) is 38.7 Å². The minimum Gasteiger partial charge on any atom is -0.480 e. The van der Waals surface area contributed by atoms with Crippen molar-refractivity contribution in [3.05, 3.63) is 0 Å². The van der Waals surface area contributed by atoms with Crippen LogP contribution in [0.4, 0.5) is 0 Å². The van der Waals surface area contributed by atoms with E-state index in [4.69, 9.17) is 0 Å². The standard InChI is InChI=1S/C31H54BN7O12/c1-21(2)24(30(48)34-22(3)31(49)39-6-4-5-25(39)32(50)51)15-23(40)16-33-26(41)17-35-7-9-36(18-27(42)43)11-13-38(20-29(46)47)14-12-37(10-8-35)19-28(44)45/h21-22,24-25,50-51H,4-20H2,1-3H3,(H,33,41)(H,34,48)(H,42,43)(H,44,45)(H,46,47)/t22-,24+,25+/m1/s1. The van der Waals surface area contributed by atoms with E-state index in [1.54, 1.807) is 33.4 Å². The Morgan fingerprint density at radius 2 is 1.12 bits per heavy atom. The van der Waals surface area contributed by atoms with E-state index in [-0.39, 0.29) is 97.4 Å². The summed E-state index contributed by atoms with van der Waals surface area (Å²) < 4.78 is 0. The first-order valence-electron chi connectivity index (χ1n) is 17.3. The second-order valence-electron chi connectivity index (χ2n) is 13.5. The zero-order valence-electron chi connectivity index (χ0n) is 29.7. The van der Waals surface area contributed by atoms with Crippen LogP contribution in [0.1, 0.15) is 40.0 Å². The van der Waals surface area contributed by atoms with Crippen molar-refractivity contribution >= 4 is 48.5 Å². The van der Waals surface area contributed by atoms with Gasteiger partial charge in [-0.3, -0.25) is 53.2 Å². The van der Waals surface area contributed by atoms with Gasteiger partial charge in [-0.15, -0.1) is 0 Å². The van der Waals surface area contributed by atoms with Gasteiger partial charge in [0.25, 0.3) is 0 Å². The van der Waals surface area contributed by atoms with Crippen LogP contribution in [0, 0.1) is 11.8 Å². The van der Waals surface area contributed by atoms with E-state index in [0.717, 1.165) is 0 Å². The molecule has 0 saturated carbocycles. The number of Topliss-reactive ketones (excluding diaryl/α,β-unsaturated/α-hetero) is 1. The van der Waals surface area contributed by atoms with E-state index in [2.05, 4.69) is 10.6 Å². The molecule has 0 aromatic rings. The van der Waals surface area contributed by atoms with Crippen LogP contribution in [-0.4, -0.2) is 202 Å². The van der Waals surface area contributed by atoms with Gasteiger partial charge in [-0.1, -0.05) is 13.8 Å². The third-order valence-corrected chi connectivity index (χ3v) is 9.10. The lowest BCUT2D eigenvalue weighted by Crippen LogP contribution is -2.53. The molecular weight excluding hydrogens is 673 g/mol. The normalized spacial score (nSPS) is 20.1. The van der Waals surface area contributed by atoms with Crippen LogP contribution in [0.2, 0.25) is 0 Å². The highest BCUT2D eigenvalue weighted by Gasteiger charge is 2.39. The smallest absolute Gasteiger partial charge is 0.475 e. The lowest BCUT2D eigenvalue weighted by molar-refractivity contribution is -0.140. The van der Waals surface area contributed by atoms with Crippen LogP contribution in [0.25, 0.3) is 0 Å². The number of rotatable bonds is 17. The van der Waals surface area contributed by atoms with E-state index in [1.807, 2.05) is 0 Å². The number of carboxylic acid groups (broad SMARTS) is 3. The van der Waals surface area contributed by atoms with Gasteiger partial charge in [0.1, 0.15) is 6.04 Å². The molecule has 20 heteroatoms. The van der Waals surface area contributed by atoms with E-state index in [0.29, 0.717) is 19.4 Å². The number of nitrogens with one attached hydrogen (secondary N) is 2. The molecule has 2 aliphatic heterocycles. The summed E-state index contributed by atoms with van der Waals surface area (Å²) in [4.78, 5) is 94.3. The molecule has 2 rings (SSSR count). The highest BCUT2D eigenvalue weighted by Crippen LogP contribution is 2.20. The minimum atomic E-state index is -1.70. The molecule has 0 spiro atoms. The summed E-state index contributed by atoms with van der Waals surface area (Å²) in [7, 11) is -1.70. The Morgan fingerprint density at radius 3 is 1.51 bits per heavy atom. The topological polar surface area (TPSA) is 261 Å². The zero-order chi connectivity index (χ0) is 38.2. The van der Waals surface area contributed by atoms with Gasteiger partial charge in [0, 0.05) is 71.2 Å². The third-order valence-electron chi connectivity index (χ3n) is 9.10. The summed E-state index contributed by atoms with van der Waals surface area (Å²) >= 11 is 0. The van der Waals surface area contributed by atoms with E-state index in [1.165, 1.54) is 11.8 Å². The maximum Gasteiger partial charge on any atom is 0.475 e. The molecule has 0 bridgehead atoms. The highest BCUT2D eigenvalue weighted by molar-refractivity contribution is 6.43. The van der Waals surface area contributed by atoms with Crippen molar-refractivity contribution in [2.75, 3.05) is 91.6 Å². The number of nitrogens with zero attached hydrogens (tertiary/aromatic N) is 5. The molecule has 2 heterocycles. The fraction of sp³-hybridized carbons (Fsp3) is 0.774. The number of likely N-dealkylation sites (tertiary alicyclic amines) is 1. The Hall–Kier alpha value is -3.69. The number of hydrogen-bond donors (Lipinski definition) is 7. The summed E-state index contributed by atoms with van der Waals surface area (Å²) in [5.41, 5.74) is 0. The number of carboxylic acids is 3. The maximum absolute atomic E-state index is 13.1. The van der Waals surface area contributed by atoms with Crippen molar-refractivity contribution in [3.63, 3.8) is 0 Å². The molecule has 288 valence electrons. The van der Waals surface area contributed by atoms with Crippen molar-refractivity contribution in [2.24, 2.45) is 11.8 Å². The molecule has 51 heavy (non-hydrogen) atoms. The lowest BCUT2D eigenvalue weighted by atomic mass is 9.78. The van der Waals surface area contributed by atoms with Crippen LogP contribution in [0.5, 0.6) is 0 Å². The molecule has 3 amide bonds. The van der Waals surface area contributed by atoms with Gasteiger partial charge in [0.2, 0.25) is 17.7 Å². The van der Waals surface area contributed by atoms with E-state index >= 15 is 0 Å². The first-order valence-corrected chi connectivity index (χ1v) is 17.3. The first-order chi connectivity index (χ1) is 24.0. The number of carbonyl (C=O) groups is 7. The van der Waals surface area contributed by atoms with Gasteiger partial charge in [-0.2, -0.15) is 0 Å². The second-order valence-corrected chi connectivity index (χ2v) is 13.5. The molecule has 0 radical (unpaired) electrons. The minimum absolute atomic E-state index is 0.173. The van der Waals surface area contributed by atoms with Gasteiger partial charge < -0.3 is 40.9 Å². The van der Waals surface area contributed by atoms with Crippen LogP contribution in [-0.2, 0) is 33.6 Å². The molecule has 2 aliphatic rings. The number of amides is 3.